The van der Waals surface area contributed by atoms with Crippen LogP contribution in [0, 0.1) is 0 Å². The fraction of sp³-hybridized carbons (Fsp3) is 0.562. The Kier molecular flexibility index (Phi) is 8.62. The normalized spacial score (nSPS) is 20.7. The maximum Gasteiger partial charge on any atom is 0.239 e. The Labute approximate surface area is 167 Å². The Morgan fingerprint density at radius 2 is 1.65 bits per heavy atom. The van der Waals surface area contributed by atoms with Gasteiger partial charge in [0.25, 0.3) is 0 Å². The summed E-state index contributed by atoms with van der Waals surface area (Å²) in [6.45, 7) is 3.79. The number of piperidine rings is 1. The zero-order chi connectivity index (χ0) is 17.2. The van der Waals surface area contributed by atoms with Crippen molar-refractivity contribution < 1.29 is 13.2 Å². The second-order valence-corrected chi connectivity index (χ2v) is 7.92. The Morgan fingerprint density at radius 1 is 1.04 bits per heavy atom. The molecule has 3 rings (SSSR count). The van der Waals surface area contributed by atoms with Crippen LogP contribution in [0.25, 0.3) is 0 Å². The quantitative estimate of drug-likeness (QED) is 0.753. The van der Waals surface area contributed by atoms with E-state index in [9.17, 15) is 13.2 Å². The predicted octanol–water partition coefficient (Wildman–Crippen LogP) is 0.968. The third kappa shape index (κ3) is 5.47. The first-order valence-electron chi connectivity index (χ1n) is 8.35. The summed E-state index contributed by atoms with van der Waals surface area (Å²) in [6, 6.07) is 6.54. The van der Waals surface area contributed by atoms with Crippen molar-refractivity contribution >= 4 is 46.4 Å². The zero-order valence-electron chi connectivity index (χ0n) is 14.5. The SMILES string of the molecule is Cl.Cl.NS(=O)(=O)c1ccc(N2CCN(C(=O)[C@H]3CCCCN3)CC2)cc1. The summed E-state index contributed by atoms with van der Waals surface area (Å²) >= 11 is 0. The van der Waals surface area contributed by atoms with Crippen LogP contribution in [0.4, 0.5) is 5.69 Å². The monoisotopic (exact) mass is 424 g/mol. The van der Waals surface area contributed by atoms with E-state index in [4.69, 9.17) is 5.14 Å². The molecule has 2 saturated heterocycles. The lowest BCUT2D eigenvalue weighted by molar-refractivity contribution is -0.134. The van der Waals surface area contributed by atoms with Gasteiger partial charge in [-0.05, 0) is 43.7 Å². The highest BCUT2D eigenvalue weighted by Gasteiger charge is 2.28. The van der Waals surface area contributed by atoms with Gasteiger partial charge in [-0.3, -0.25) is 4.79 Å². The van der Waals surface area contributed by atoms with E-state index in [2.05, 4.69) is 10.2 Å². The molecule has 1 aromatic rings. The van der Waals surface area contributed by atoms with Gasteiger partial charge in [0.2, 0.25) is 15.9 Å². The van der Waals surface area contributed by atoms with E-state index in [1.807, 2.05) is 4.90 Å². The van der Waals surface area contributed by atoms with Crippen LogP contribution >= 0.6 is 24.8 Å². The van der Waals surface area contributed by atoms with Gasteiger partial charge >= 0.3 is 0 Å². The molecule has 148 valence electrons. The molecule has 1 atom stereocenters. The highest BCUT2D eigenvalue weighted by atomic mass is 35.5. The third-order valence-corrected chi connectivity index (χ3v) is 5.66. The topological polar surface area (TPSA) is 95.7 Å². The predicted molar refractivity (Wildman–Crippen MR) is 107 cm³/mol. The van der Waals surface area contributed by atoms with Crippen LogP contribution in [0.5, 0.6) is 0 Å². The number of primary sulfonamides is 1. The summed E-state index contributed by atoms with van der Waals surface area (Å²) in [5, 5.41) is 8.42. The largest absolute Gasteiger partial charge is 0.368 e. The number of carbonyl (C=O) groups excluding carboxylic acids is 1. The second-order valence-electron chi connectivity index (χ2n) is 6.35. The lowest BCUT2D eigenvalue weighted by atomic mass is 10.0. The van der Waals surface area contributed by atoms with Gasteiger partial charge in [0.05, 0.1) is 10.9 Å². The Balaban J connectivity index is 0.00000169. The molecule has 26 heavy (non-hydrogen) atoms. The van der Waals surface area contributed by atoms with E-state index in [1.54, 1.807) is 12.1 Å². The molecule has 3 N–H and O–H groups in total. The summed E-state index contributed by atoms with van der Waals surface area (Å²) in [5.41, 5.74) is 0.949. The standard InChI is InChI=1S/C16H24N4O3S.2ClH/c17-24(22,23)14-6-4-13(5-7-14)19-9-11-20(12-10-19)16(21)15-3-1-2-8-18-15;;/h4-7,15,18H,1-3,8-12H2,(H2,17,22,23);2*1H/t15-;;/m1../s1. The number of nitrogens with two attached hydrogens (primary N) is 1. The van der Waals surface area contributed by atoms with Crippen LogP contribution in [-0.4, -0.2) is 58.0 Å². The molecule has 2 fully saturated rings. The molecule has 0 aromatic heterocycles. The molecule has 1 amide bonds. The van der Waals surface area contributed by atoms with Gasteiger partial charge < -0.3 is 15.1 Å². The molecule has 0 radical (unpaired) electrons. The molecular weight excluding hydrogens is 399 g/mol. The van der Waals surface area contributed by atoms with Crippen molar-refractivity contribution in [3.63, 3.8) is 0 Å². The number of rotatable bonds is 3. The van der Waals surface area contributed by atoms with Gasteiger partial charge in [-0.25, -0.2) is 13.6 Å². The number of sulfonamides is 1. The highest BCUT2D eigenvalue weighted by Crippen LogP contribution is 2.20. The lowest BCUT2D eigenvalue weighted by Gasteiger charge is -2.38. The van der Waals surface area contributed by atoms with Gasteiger partial charge in [-0.15, -0.1) is 24.8 Å². The van der Waals surface area contributed by atoms with Crippen LogP contribution < -0.4 is 15.4 Å². The van der Waals surface area contributed by atoms with Gasteiger partial charge in [-0.2, -0.15) is 0 Å². The van der Waals surface area contributed by atoms with Crippen LogP contribution in [-0.2, 0) is 14.8 Å². The second kappa shape index (κ2) is 9.75. The van der Waals surface area contributed by atoms with Crippen molar-refractivity contribution in [1.29, 1.82) is 0 Å². The Hall–Kier alpha value is -1.06. The highest BCUT2D eigenvalue weighted by molar-refractivity contribution is 7.89. The lowest BCUT2D eigenvalue weighted by Crippen LogP contribution is -2.55. The van der Waals surface area contributed by atoms with E-state index in [0.29, 0.717) is 13.1 Å². The first-order valence-corrected chi connectivity index (χ1v) is 9.90. The summed E-state index contributed by atoms with van der Waals surface area (Å²) in [5.74, 6) is 0.207. The third-order valence-electron chi connectivity index (χ3n) is 4.73. The summed E-state index contributed by atoms with van der Waals surface area (Å²) in [7, 11) is -3.66. The molecule has 2 aliphatic heterocycles. The first-order chi connectivity index (χ1) is 11.4. The first kappa shape index (κ1) is 23.0. The Morgan fingerprint density at radius 3 is 2.15 bits per heavy atom. The number of hydrogen-bond acceptors (Lipinski definition) is 5. The molecular formula is C16H26Cl2N4O3S. The molecule has 0 unspecified atom stereocenters. The van der Waals surface area contributed by atoms with E-state index in [-0.39, 0.29) is 41.7 Å². The molecule has 0 bridgehead atoms. The molecule has 2 heterocycles. The smallest absolute Gasteiger partial charge is 0.239 e. The van der Waals surface area contributed by atoms with Crippen molar-refractivity contribution in [3.8, 4) is 0 Å². The summed E-state index contributed by atoms with van der Waals surface area (Å²) < 4.78 is 22.6. The fourth-order valence-corrected chi connectivity index (χ4v) is 3.83. The number of halogens is 2. The van der Waals surface area contributed by atoms with Crippen molar-refractivity contribution in [3.05, 3.63) is 24.3 Å². The van der Waals surface area contributed by atoms with E-state index >= 15 is 0 Å². The molecule has 2 aliphatic rings. The number of carbonyl (C=O) groups is 1. The van der Waals surface area contributed by atoms with Crippen molar-refractivity contribution in [1.82, 2.24) is 10.2 Å². The average molecular weight is 425 g/mol. The average Bonchev–Trinajstić information content (AvgIpc) is 2.61. The van der Waals surface area contributed by atoms with Crippen molar-refractivity contribution in [2.45, 2.75) is 30.2 Å². The van der Waals surface area contributed by atoms with Crippen molar-refractivity contribution in [2.75, 3.05) is 37.6 Å². The molecule has 7 nitrogen and oxygen atoms in total. The number of nitrogens with one attached hydrogen (secondary N) is 1. The number of hydrogen-bond donors (Lipinski definition) is 2. The van der Waals surface area contributed by atoms with Gasteiger partial charge in [-0.1, -0.05) is 6.42 Å². The van der Waals surface area contributed by atoms with E-state index in [1.165, 1.54) is 12.1 Å². The van der Waals surface area contributed by atoms with E-state index < -0.39 is 10.0 Å². The Bertz CT molecular complexity index is 686. The van der Waals surface area contributed by atoms with Crippen LogP contribution in [0.3, 0.4) is 0 Å². The summed E-state index contributed by atoms with van der Waals surface area (Å²) in [6.07, 6.45) is 3.18. The van der Waals surface area contributed by atoms with E-state index in [0.717, 1.165) is 44.6 Å². The maximum atomic E-state index is 12.5. The summed E-state index contributed by atoms with van der Waals surface area (Å²) in [4.78, 5) is 16.7. The van der Waals surface area contributed by atoms with Gasteiger partial charge in [0.1, 0.15) is 0 Å². The molecule has 10 heteroatoms. The minimum atomic E-state index is -3.66. The minimum Gasteiger partial charge on any atom is -0.368 e. The van der Waals surface area contributed by atoms with Crippen LogP contribution in [0.1, 0.15) is 19.3 Å². The van der Waals surface area contributed by atoms with Gasteiger partial charge in [0.15, 0.2) is 0 Å². The van der Waals surface area contributed by atoms with Crippen molar-refractivity contribution in [2.24, 2.45) is 5.14 Å². The number of anilines is 1. The van der Waals surface area contributed by atoms with Crippen LogP contribution in [0.15, 0.2) is 29.2 Å². The molecule has 1 aromatic carbocycles. The molecule has 0 aliphatic carbocycles. The minimum absolute atomic E-state index is 0. The van der Waals surface area contributed by atoms with Crippen LogP contribution in [0.2, 0.25) is 0 Å². The maximum absolute atomic E-state index is 12.5. The number of benzene rings is 1. The number of amides is 1. The van der Waals surface area contributed by atoms with Gasteiger partial charge in [0, 0.05) is 31.9 Å². The fourth-order valence-electron chi connectivity index (χ4n) is 3.31. The number of nitrogens with zero attached hydrogens (tertiary/aromatic N) is 2. The molecule has 0 saturated carbocycles. The number of piperazine rings is 1. The zero-order valence-corrected chi connectivity index (χ0v) is 16.9. The molecule has 0 spiro atoms.